The van der Waals surface area contributed by atoms with Gasteiger partial charge in [0, 0.05) is 42.3 Å². The summed E-state index contributed by atoms with van der Waals surface area (Å²) in [5, 5.41) is 36.8. The predicted molar refractivity (Wildman–Crippen MR) is 325 cm³/mol. The second kappa shape index (κ2) is 34.8. The lowest BCUT2D eigenvalue weighted by molar-refractivity contribution is -0.155. The highest BCUT2D eigenvalue weighted by atomic mass is 16.3. The Balaban J connectivity index is 4.31. The number of likely N-dealkylation sites (N-methyl/N-ethyl adjacent to an activating group) is 6. The molecule has 1 fully saturated rings. The van der Waals surface area contributed by atoms with Gasteiger partial charge in [-0.1, -0.05) is 102 Å². The van der Waals surface area contributed by atoms with E-state index in [-0.39, 0.29) is 55.8 Å². The number of allylic oxidation sites excluding steroid dienone is 2. The number of nitrogens with one attached hydrogen (secondary N) is 5. The number of carbonyl (C=O) groups excluding carboxylic acids is 11. The monoisotopic (exact) mass is 1200 g/mol. The number of aliphatic hydroxyl groups is 2. The second-order valence-electron chi connectivity index (χ2n) is 25.9. The van der Waals surface area contributed by atoms with Crippen LogP contribution in [0.5, 0.6) is 0 Å². The molecule has 1 heterocycles. The van der Waals surface area contributed by atoms with Gasteiger partial charge in [-0.25, -0.2) is 0 Å². The molecular weight excluding hydrogens is 1090 g/mol. The molecule has 0 unspecified atom stereocenters. The van der Waals surface area contributed by atoms with Gasteiger partial charge in [-0.2, -0.15) is 0 Å². The highest BCUT2D eigenvalue weighted by Gasteiger charge is 2.45. The smallest absolute Gasteiger partial charge is 0.248 e. The van der Waals surface area contributed by atoms with Crippen LogP contribution in [0.4, 0.5) is 0 Å². The van der Waals surface area contributed by atoms with E-state index in [1.807, 2.05) is 55.4 Å². The molecule has 0 aromatic heterocycles. The third-order valence-electron chi connectivity index (χ3n) is 15.6. The highest BCUT2D eigenvalue weighted by Crippen LogP contribution is 2.24. The molecule has 486 valence electrons. The van der Waals surface area contributed by atoms with Crippen molar-refractivity contribution in [3.63, 3.8) is 0 Å². The average Bonchev–Trinajstić information content (AvgIpc) is 3.50. The van der Waals surface area contributed by atoms with E-state index in [0.717, 1.165) is 14.7 Å². The van der Waals surface area contributed by atoms with Crippen LogP contribution >= 0.6 is 0 Å². The Kier molecular flexibility index (Phi) is 31.5. The minimum absolute atomic E-state index is 0.0943. The van der Waals surface area contributed by atoms with Gasteiger partial charge in [-0.3, -0.25) is 52.7 Å². The first-order valence-electron chi connectivity index (χ1n) is 30.2. The Hall–Kier alpha value is -6.17. The Bertz CT molecular complexity index is 2330. The zero-order valence-electron chi connectivity index (χ0n) is 55.4. The zero-order valence-corrected chi connectivity index (χ0v) is 55.4. The summed E-state index contributed by atoms with van der Waals surface area (Å²) < 4.78 is 0. The minimum atomic E-state index is -1.74. The molecule has 13 atom stereocenters. The van der Waals surface area contributed by atoms with E-state index >= 15 is 4.79 Å². The van der Waals surface area contributed by atoms with Crippen molar-refractivity contribution in [3.8, 4) is 0 Å². The molecule has 1 aliphatic rings. The number of hydrogen-bond acceptors (Lipinski definition) is 13. The molecule has 0 spiro atoms. The van der Waals surface area contributed by atoms with Crippen LogP contribution in [0, 0.1) is 41.4 Å². The van der Waals surface area contributed by atoms with Crippen LogP contribution in [0.3, 0.4) is 0 Å². The first-order valence-corrected chi connectivity index (χ1v) is 30.2. The van der Waals surface area contributed by atoms with Gasteiger partial charge >= 0.3 is 0 Å². The van der Waals surface area contributed by atoms with Crippen LogP contribution in [0.15, 0.2) is 12.2 Å². The van der Waals surface area contributed by atoms with E-state index in [4.69, 9.17) is 0 Å². The van der Waals surface area contributed by atoms with E-state index in [0.29, 0.717) is 0 Å². The van der Waals surface area contributed by atoms with Crippen molar-refractivity contribution in [1.29, 1.82) is 0 Å². The first kappa shape index (κ1) is 76.8. The SMILES string of the molecule is C/C=C/C[C@@H](C)[C@@H](O)[C@H]1C(=O)N[C@@H]([C@@H](C)O)C(=O)N(C)CC(=O)N(C)[C@H](CC(C)C)C(=O)N[C@H](C(C)C)C(=O)N(C)[C@H](CC(C)C)C(=O)N[C@@H](C)C(=O)N[C@H](C)C(=O)N(C)[C@@H](CC(C)C)C(=O)N[C@@H](CC(C)C)C(=O)N(C)[C@@H](C(C)C)C(=O)N1C. The Morgan fingerprint density at radius 1 is 0.447 bits per heavy atom. The number of aliphatic hydroxyl groups excluding tert-OH is 2. The lowest BCUT2D eigenvalue weighted by Gasteiger charge is -2.40. The summed E-state index contributed by atoms with van der Waals surface area (Å²) in [4.78, 5) is 166. The first-order chi connectivity index (χ1) is 39.2. The Morgan fingerprint density at radius 3 is 1.32 bits per heavy atom. The van der Waals surface area contributed by atoms with E-state index in [9.17, 15) is 58.2 Å². The summed E-state index contributed by atoms with van der Waals surface area (Å²) in [5.74, 6) is -10.8. The van der Waals surface area contributed by atoms with Crippen molar-refractivity contribution in [2.75, 3.05) is 48.8 Å². The summed E-state index contributed by atoms with van der Waals surface area (Å²) in [7, 11) is 8.12. The minimum Gasteiger partial charge on any atom is -0.391 e. The van der Waals surface area contributed by atoms with E-state index < -0.39 is 162 Å². The van der Waals surface area contributed by atoms with Crippen LogP contribution in [0.2, 0.25) is 0 Å². The molecule has 0 bridgehead atoms. The van der Waals surface area contributed by atoms with Crippen LogP contribution in [-0.4, -0.2) is 226 Å². The molecule has 0 aromatic carbocycles. The van der Waals surface area contributed by atoms with Gasteiger partial charge in [-0.15, -0.1) is 0 Å². The summed E-state index contributed by atoms with van der Waals surface area (Å²) in [6.07, 6.45) is 1.06. The third kappa shape index (κ3) is 22.2. The number of hydrogen-bond donors (Lipinski definition) is 7. The second-order valence-corrected chi connectivity index (χ2v) is 25.9. The fraction of sp³-hybridized carbons (Fsp3) is 0.787. The van der Waals surface area contributed by atoms with Gasteiger partial charge in [-0.05, 0) is 101 Å². The number of rotatable bonds is 15. The van der Waals surface area contributed by atoms with Crippen molar-refractivity contribution in [3.05, 3.63) is 12.2 Å². The van der Waals surface area contributed by atoms with Crippen molar-refractivity contribution in [2.45, 2.75) is 222 Å². The lowest BCUT2D eigenvalue weighted by Crippen LogP contribution is -2.64. The molecule has 7 N–H and O–H groups in total. The Morgan fingerprint density at radius 2 is 0.871 bits per heavy atom. The number of nitrogens with zero attached hydrogens (tertiary/aromatic N) is 6. The van der Waals surface area contributed by atoms with Gasteiger partial charge in [0.05, 0.1) is 18.8 Å². The van der Waals surface area contributed by atoms with E-state index in [1.165, 1.54) is 77.8 Å². The van der Waals surface area contributed by atoms with Crippen LogP contribution in [0.25, 0.3) is 0 Å². The molecule has 24 heteroatoms. The molecule has 1 saturated heterocycles. The summed E-state index contributed by atoms with van der Waals surface area (Å²) in [6, 6.07) is -13.2. The largest absolute Gasteiger partial charge is 0.391 e. The summed E-state index contributed by atoms with van der Waals surface area (Å²) >= 11 is 0. The molecule has 0 radical (unpaired) electrons. The maximum absolute atomic E-state index is 15.1. The van der Waals surface area contributed by atoms with Crippen LogP contribution in [0.1, 0.15) is 150 Å². The average molecular weight is 1200 g/mol. The quantitative estimate of drug-likeness (QED) is 0.116. The van der Waals surface area contributed by atoms with Gasteiger partial charge in [0.25, 0.3) is 0 Å². The maximum Gasteiger partial charge on any atom is 0.248 e. The van der Waals surface area contributed by atoms with Crippen LogP contribution in [-0.2, 0) is 52.7 Å². The highest BCUT2D eigenvalue weighted by molar-refractivity contribution is 5.99. The van der Waals surface area contributed by atoms with Crippen molar-refractivity contribution >= 4 is 65.0 Å². The van der Waals surface area contributed by atoms with Crippen molar-refractivity contribution < 1.29 is 63.0 Å². The third-order valence-corrected chi connectivity index (χ3v) is 15.6. The predicted octanol–water partition coefficient (Wildman–Crippen LogP) is 1.90. The van der Waals surface area contributed by atoms with Gasteiger partial charge in [0.15, 0.2) is 0 Å². The Labute approximate surface area is 507 Å². The van der Waals surface area contributed by atoms with Crippen molar-refractivity contribution in [1.82, 2.24) is 56.0 Å². The van der Waals surface area contributed by atoms with Gasteiger partial charge < -0.3 is 66.2 Å². The fourth-order valence-corrected chi connectivity index (χ4v) is 10.4. The van der Waals surface area contributed by atoms with Crippen molar-refractivity contribution in [2.24, 2.45) is 41.4 Å². The molecule has 24 nitrogen and oxygen atoms in total. The zero-order chi connectivity index (χ0) is 66.0. The topological polar surface area (TPSA) is 308 Å². The normalized spacial score (nSPS) is 27.2. The van der Waals surface area contributed by atoms with E-state index in [1.54, 1.807) is 53.7 Å². The molecule has 11 amide bonds. The molecule has 0 aliphatic carbocycles. The maximum atomic E-state index is 15.1. The summed E-state index contributed by atoms with van der Waals surface area (Å²) in [5.41, 5.74) is 0. The number of carbonyl (C=O) groups is 11. The van der Waals surface area contributed by atoms with E-state index in [2.05, 4.69) is 26.6 Å². The molecule has 0 saturated carbocycles. The molecule has 85 heavy (non-hydrogen) atoms. The number of amides is 11. The van der Waals surface area contributed by atoms with Gasteiger partial charge in [0.1, 0.15) is 60.4 Å². The standard InChI is InChI=1S/C61H109N11O13/c1-24-25-26-38(14)51(75)50-56(80)66-48(41(17)73)59(83)67(18)31-46(74)68(19)43(28-33(4)5)55(79)65-47(36(10)11)60(84)70(21)44(29-34(6)7)53(77)62-39(15)52(76)63-40(16)57(81)69(20)45(30-35(8)9)54(78)64-42(27-32(2)3)58(82)71(22)49(37(12)13)61(85)72(50)23/h24-25,32-45,47-51,73,75H,26-31H2,1-23H3,(H,62,77)(H,63,76)(H,64,78)(H,65,79)(H,66,80)/b25-24+/t38-,39+,40-,41-,42+,43-,44-,45+,47-,48+,49+,50+,51-/m1/s1. The molecular formula is C61H109N11O13. The summed E-state index contributed by atoms with van der Waals surface area (Å²) in [6.45, 7) is 28.4. The van der Waals surface area contributed by atoms with Crippen LogP contribution < -0.4 is 26.6 Å². The molecule has 0 aromatic rings. The fourth-order valence-electron chi connectivity index (χ4n) is 10.4. The molecule has 1 rings (SSSR count). The van der Waals surface area contributed by atoms with Gasteiger partial charge in [0.2, 0.25) is 65.0 Å². The lowest BCUT2D eigenvalue weighted by atomic mass is 9.91. The molecule has 1 aliphatic heterocycles.